The molecule has 31 heavy (non-hydrogen) atoms. The van der Waals surface area contributed by atoms with Gasteiger partial charge in [-0.05, 0) is 71.3 Å². The van der Waals surface area contributed by atoms with Crippen LogP contribution < -0.4 is 9.47 Å². The van der Waals surface area contributed by atoms with E-state index in [2.05, 4.69) is 128 Å². The van der Waals surface area contributed by atoms with E-state index in [-0.39, 0.29) is 0 Å². The van der Waals surface area contributed by atoms with E-state index < -0.39 is 0 Å². The van der Waals surface area contributed by atoms with Gasteiger partial charge in [-0.25, -0.2) is 0 Å². The van der Waals surface area contributed by atoms with E-state index in [1.807, 2.05) is 10.8 Å². The fraction of sp³-hybridized carbons (Fsp3) is 0.0345. The number of aryl methyl sites for hydroxylation is 1. The molecule has 0 bridgehead atoms. The summed E-state index contributed by atoms with van der Waals surface area (Å²) in [5, 5.41) is 2.43. The van der Waals surface area contributed by atoms with E-state index in [4.69, 9.17) is 0 Å². The highest BCUT2D eigenvalue weighted by molar-refractivity contribution is 5.94. The van der Waals surface area contributed by atoms with Crippen LogP contribution in [0.3, 0.4) is 0 Å². The molecule has 0 saturated heterocycles. The molecule has 0 aliphatic heterocycles. The van der Waals surface area contributed by atoms with Gasteiger partial charge in [-0.15, -0.1) is 0 Å². The molecule has 0 spiro atoms. The number of rotatable bonds is 4. The van der Waals surface area contributed by atoms with Crippen molar-refractivity contribution in [3.63, 3.8) is 0 Å². The highest BCUT2D eigenvalue weighted by Crippen LogP contribution is 2.37. The van der Waals surface area contributed by atoms with E-state index in [9.17, 15) is 0 Å². The van der Waals surface area contributed by atoms with Crippen LogP contribution in [0.4, 0.5) is 17.1 Å². The second-order valence-corrected chi connectivity index (χ2v) is 7.73. The first-order chi connectivity index (χ1) is 15.2. The molecule has 1 heterocycles. The summed E-state index contributed by atoms with van der Waals surface area (Å²) in [7, 11) is 4.25. The number of aromatic nitrogens is 1. The number of hydrogen-bond donors (Lipinski definition) is 0. The summed E-state index contributed by atoms with van der Waals surface area (Å²) in [5.74, 6) is 0. The zero-order valence-electron chi connectivity index (χ0n) is 17.6. The summed E-state index contributed by atoms with van der Waals surface area (Å²) in [6, 6.07) is 38.3. The van der Waals surface area contributed by atoms with Gasteiger partial charge < -0.3 is 9.47 Å². The zero-order chi connectivity index (χ0) is 21.2. The van der Waals surface area contributed by atoms with Crippen molar-refractivity contribution in [2.24, 2.45) is 0 Å². The molecule has 0 fully saturated rings. The van der Waals surface area contributed by atoms with Gasteiger partial charge in [0.1, 0.15) is 5.69 Å². The Labute approximate surface area is 183 Å². The Kier molecular flexibility index (Phi) is 4.89. The van der Waals surface area contributed by atoms with E-state index in [1.54, 1.807) is 0 Å². The highest BCUT2D eigenvalue weighted by Gasteiger charge is 2.15. The maximum Gasteiger partial charge on any atom is 0.120 e. The summed E-state index contributed by atoms with van der Waals surface area (Å²) < 4.78 is 1.97. The minimum absolute atomic E-state index is 1.13. The number of pyridine rings is 1. The Balaban J connectivity index is 1.67. The minimum atomic E-state index is 1.13. The van der Waals surface area contributed by atoms with E-state index >= 15 is 0 Å². The number of para-hydroxylation sites is 2. The number of fused-ring (bicyclic) bond motifs is 1. The van der Waals surface area contributed by atoms with Gasteiger partial charge in [-0.3, -0.25) is 0 Å². The van der Waals surface area contributed by atoms with Gasteiger partial charge in [0.05, 0.1) is 6.20 Å². The lowest BCUT2D eigenvalue weighted by atomic mass is 9.98. The first kappa shape index (κ1) is 19.0. The maximum atomic E-state index is 4.25. The van der Waals surface area contributed by atoms with Crippen LogP contribution in [0.25, 0.3) is 22.0 Å². The summed E-state index contributed by atoms with van der Waals surface area (Å²) in [6.45, 7) is 2.18. The number of hydrogen-bond acceptors (Lipinski definition) is 1. The molecule has 150 valence electrons. The second kappa shape index (κ2) is 8.00. The summed E-state index contributed by atoms with van der Waals surface area (Å²) in [4.78, 5) is 2.29. The molecular weight excluding hydrogens is 376 g/mol. The SMILES string of the molecule is [CH2-][n+]1ccc2ccccc2c1-c1ccc(N(c2ccccc2)c2ccccc2)cc1C. The minimum Gasteiger partial charge on any atom is -0.332 e. The van der Waals surface area contributed by atoms with E-state index in [1.165, 1.54) is 21.9 Å². The highest BCUT2D eigenvalue weighted by atomic mass is 15.1. The molecule has 2 nitrogen and oxygen atoms in total. The van der Waals surface area contributed by atoms with Crippen molar-refractivity contribution >= 4 is 27.8 Å². The van der Waals surface area contributed by atoms with Gasteiger partial charge in [-0.1, -0.05) is 66.7 Å². The standard InChI is InChI=1S/C29H24N2/c1-22-21-26(31(24-12-5-3-6-13-24)25-14-7-4-8-15-25)17-18-27(22)29-28-16-10-9-11-23(28)19-20-30(29)2/h3-21H,2H2,1H3. The third-order valence-electron chi connectivity index (χ3n) is 5.69. The van der Waals surface area contributed by atoms with Gasteiger partial charge in [0.25, 0.3) is 0 Å². The average molecular weight is 401 g/mol. The van der Waals surface area contributed by atoms with Crippen molar-refractivity contribution in [2.45, 2.75) is 6.92 Å². The van der Waals surface area contributed by atoms with Crippen molar-refractivity contribution in [2.75, 3.05) is 4.90 Å². The first-order valence-corrected chi connectivity index (χ1v) is 10.5. The Morgan fingerprint density at radius 3 is 1.90 bits per heavy atom. The van der Waals surface area contributed by atoms with Crippen LogP contribution in [0.1, 0.15) is 5.56 Å². The lowest BCUT2D eigenvalue weighted by Crippen LogP contribution is -2.28. The fourth-order valence-corrected chi connectivity index (χ4v) is 4.21. The molecule has 0 amide bonds. The van der Waals surface area contributed by atoms with Gasteiger partial charge >= 0.3 is 0 Å². The quantitative estimate of drug-likeness (QED) is 0.228. The summed E-state index contributed by atoms with van der Waals surface area (Å²) >= 11 is 0. The summed E-state index contributed by atoms with van der Waals surface area (Å²) in [6.07, 6.45) is 2.03. The zero-order valence-corrected chi connectivity index (χ0v) is 17.6. The van der Waals surface area contributed by atoms with Crippen LogP contribution in [0.2, 0.25) is 0 Å². The molecule has 0 unspecified atom stereocenters. The first-order valence-electron chi connectivity index (χ1n) is 10.5. The molecule has 5 aromatic rings. The van der Waals surface area contributed by atoms with Crippen molar-refractivity contribution in [1.29, 1.82) is 0 Å². The number of nitrogens with zero attached hydrogens (tertiary/aromatic N) is 2. The van der Waals surface area contributed by atoms with Crippen molar-refractivity contribution in [1.82, 2.24) is 0 Å². The monoisotopic (exact) mass is 400 g/mol. The molecule has 5 rings (SSSR count). The van der Waals surface area contributed by atoms with Gasteiger partial charge in [0, 0.05) is 24.1 Å². The molecule has 0 saturated carbocycles. The smallest absolute Gasteiger partial charge is 0.120 e. The Morgan fingerprint density at radius 1 is 0.645 bits per heavy atom. The number of anilines is 3. The maximum absolute atomic E-state index is 4.25. The Bertz CT molecular complexity index is 1300. The van der Waals surface area contributed by atoms with Crippen LogP contribution in [0, 0.1) is 14.0 Å². The fourth-order valence-electron chi connectivity index (χ4n) is 4.21. The molecule has 0 N–H and O–H groups in total. The molecule has 1 aromatic heterocycles. The lowest BCUT2D eigenvalue weighted by molar-refractivity contribution is -0.599. The third kappa shape index (κ3) is 3.53. The normalized spacial score (nSPS) is 10.9. The molecule has 0 radical (unpaired) electrons. The molecule has 0 atom stereocenters. The predicted molar refractivity (Wildman–Crippen MR) is 130 cm³/mol. The Hall–Kier alpha value is -4.04. The predicted octanol–water partition coefficient (Wildman–Crippen LogP) is 7.21. The van der Waals surface area contributed by atoms with Crippen LogP contribution in [-0.2, 0) is 0 Å². The Morgan fingerprint density at radius 2 is 1.26 bits per heavy atom. The topological polar surface area (TPSA) is 7.12 Å². The third-order valence-corrected chi connectivity index (χ3v) is 5.69. The van der Waals surface area contributed by atoms with E-state index in [0.29, 0.717) is 0 Å². The van der Waals surface area contributed by atoms with Crippen LogP contribution in [0.15, 0.2) is 115 Å². The van der Waals surface area contributed by atoms with Crippen molar-refractivity contribution < 1.29 is 4.57 Å². The van der Waals surface area contributed by atoms with Gasteiger partial charge in [-0.2, -0.15) is 0 Å². The molecule has 4 aromatic carbocycles. The number of benzene rings is 4. The molecule has 0 aliphatic carbocycles. The molecular formula is C29H24N2. The van der Waals surface area contributed by atoms with Crippen LogP contribution in [-0.4, -0.2) is 0 Å². The largest absolute Gasteiger partial charge is 0.332 e. The van der Waals surface area contributed by atoms with E-state index in [0.717, 1.165) is 22.8 Å². The average Bonchev–Trinajstić information content (AvgIpc) is 2.81. The van der Waals surface area contributed by atoms with Crippen molar-refractivity contribution in [3.05, 3.63) is 128 Å². The lowest BCUT2D eigenvalue weighted by Gasteiger charge is -2.26. The second-order valence-electron chi connectivity index (χ2n) is 7.73. The van der Waals surface area contributed by atoms with Crippen molar-refractivity contribution in [3.8, 4) is 11.3 Å². The van der Waals surface area contributed by atoms with Crippen LogP contribution >= 0.6 is 0 Å². The van der Waals surface area contributed by atoms with Gasteiger partial charge in [0.15, 0.2) is 0 Å². The summed E-state index contributed by atoms with van der Waals surface area (Å²) in [5.41, 5.74) is 6.94. The van der Waals surface area contributed by atoms with Gasteiger partial charge in [0.2, 0.25) is 0 Å². The molecule has 2 heteroatoms. The molecule has 0 aliphatic rings. The van der Waals surface area contributed by atoms with Crippen LogP contribution in [0.5, 0.6) is 0 Å².